The lowest BCUT2D eigenvalue weighted by Crippen LogP contribution is -2.54. The molecule has 8 heteroatoms. The summed E-state index contributed by atoms with van der Waals surface area (Å²) in [6.45, 7) is 12.9. The molecule has 0 aliphatic rings. The fourth-order valence-corrected chi connectivity index (χ4v) is 2.10. The maximum absolute atomic E-state index is 12.0. The van der Waals surface area contributed by atoms with E-state index in [-0.39, 0.29) is 29.7 Å². The van der Waals surface area contributed by atoms with Gasteiger partial charge in [0.05, 0.1) is 12.1 Å². The zero-order valence-electron chi connectivity index (χ0n) is 17.0. The maximum atomic E-state index is 12.0. The Morgan fingerprint density at radius 2 is 1.85 bits per heavy atom. The number of phenols is 1. The van der Waals surface area contributed by atoms with Crippen molar-refractivity contribution in [3.63, 3.8) is 0 Å². The van der Waals surface area contributed by atoms with Gasteiger partial charge in [0.15, 0.2) is 5.96 Å². The predicted molar refractivity (Wildman–Crippen MR) is 120 cm³/mol. The van der Waals surface area contributed by atoms with Crippen LogP contribution in [0.4, 0.5) is 4.79 Å². The molecular formula is C19H33IN4O3. The van der Waals surface area contributed by atoms with Crippen LogP contribution in [0.1, 0.15) is 47.1 Å². The van der Waals surface area contributed by atoms with Crippen molar-refractivity contribution in [1.82, 2.24) is 16.0 Å². The maximum Gasteiger partial charge on any atom is 0.408 e. The number of carbonyl (C=O) groups is 1. The predicted octanol–water partition coefficient (Wildman–Crippen LogP) is 3.37. The van der Waals surface area contributed by atoms with Crippen molar-refractivity contribution in [3.8, 4) is 5.75 Å². The van der Waals surface area contributed by atoms with Gasteiger partial charge >= 0.3 is 6.09 Å². The van der Waals surface area contributed by atoms with Gasteiger partial charge < -0.3 is 25.8 Å². The molecule has 7 nitrogen and oxygen atoms in total. The number of hydrogen-bond donors (Lipinski definition) is 4. The minimum Gasteiger partial charge on any atom is -0.508 e. The van der Waals surface area contributed by atoms with Crippen molar-refractivity contribution in [2.75, 3.05) is 13.1 Å². The lowest BCUT2D eigenvalue weighted by molar-refractivity contribution is 0.0474. The molecule has 1 rings (SSSR count). The number of aromatic hydroxyl groups is 1. The van der Waals surface area contributed by atoms with Crippen molar-refractivity contribution < 1.29 is 14.6 Å². The van der Waals surface area contributed by atoms with Crippen LogP contribution in [0.2, 0.25) is 0 Å². The van der Waals surface area contributed by atoms with Crippen molar-refractivity contribution in [1.29, 1.82) is 0 Å². The first kappa shape index (κ1) is 25.3. The fraction of sp³-hybridized carbons (Fsp3) is 0.579. The van der Waals surface area contributed by atoms with Gasteiger partial charge in [-0.05, 0) is 59.2 Å². The van der Waals surface area contributed by atoms with E-state index in [4.69, 9.17) is 4.74 Å². The molecule has 0 atom stereocenters. The molecule has 1 aromatic rings. The van der Waals surface area contributed by atoms with Crippen molar-refractivity contribution >= 4 is 36.0 Å². The molecule has 0 saturated carbocycles. The molecule has 0 aromatic heterocycles. The van der Waals surface area contributed by atoms with Gasteiger partial charge in [0.25, 0.3) is 0 Å². The van der Waals surface area contributed by atoms with E-state index in [0.717, 1.165) is 5.56 Å². The number of aliphatic imine (C=N–C) groups is 1. The second-order valence-electron chi connectivity index (χ2n) is 7.73. The van der Waals surface area contributed by atoms with Crippen LogP contribution in [0.3, 0.4) is 0 Å². The van der Waals surface area contributed by atoms with Gasteiger partial charge in [0, 0.05) is 13.1 Å². The zero-order chi connectivity index (χ0) is 19.8. The minimum atomic E-state index is -0.536. The standard InChI is InChI=1S/C19H32N4O3.HI/c1-7-20-16(21-12-14-9-8-10-15(24)11-14)22-13-19(5,6)23-17(25)26-18(2,3)4;/h8-11,24H,7,12-13H2,1-6H3,(H,23,25)(H2,20,21,22);1H. The highest BCUT2D eigenvalue weighted by Gasteiger charge is 2.24. The van der Waals surface area contributed by atoms with Gasteiger partial charge in [-0.2, -0.15) is 0 Å². The number of guanidine groups is 1. The normalized spacial score (nSPS) is 12.0. The summed E-state index contributed by atoms with van der Waals surface area (Å²) in [4.78, 5) is 16.5. The number of alkyl carbamates (subject to hydrolysis) is 1. The van der Waals surface area contributed by atoms with Crippen LogP contribution in [0, 0.1) is 0 Å². The molecule has 0 aliphatic heterocycles. The highest BCUT2D eigenvalue weighted by Crippen LogP contribution is 2.12. The van der Waals surface area contributed by atoms with E-state index >= 15 is 0 Å². The molecule has 4 N–H and O–H groups in total. The number of nitrogens with zero attached hydrogens (tertiary/aromatic N) is 1. The number of halogens is 1. The van der Waals surface area contributed by atoms with Crippen molar-refractivity contribution in [3.05, 3.63) is 29.8 Å². The number of carbonyl (C=O) groups excluding carboxylic acids is 1. The van der Waals surface area contributed by atoms with Crippen molar-refractivity contribution in [2.45, 2.75) is 59.2 Å². The Hall–Kier alpha value is -1.71. The number of hydrogen-bond acceptors (Lipinski definition) is 4. The summed E-state index contributed by atoms with van der Waals surface area (Å²) in [5, 5.41) is 18.8. The first-order valence-electron chi connectivity index (χ1n) is 8.82. The molecule has 1 aromatic carbocycles. The molecule has 0 radical (unpaired) electrons. The fourth-order valence-electron chi connectivity index (χ4n) is 2.10. The third-order valence-corrected chi connectivity index (χ3v) is 3.21. The van der Waals surface area contributed by atoms with Crippen LogP contribution in [0.15, 0.2) is 29.3 Å². The molecule has 0 saturated heterocycles. The third kappa shape index (κ3) is 11.6. The van der Waals surface area contributed by atoms with Crippen LogP contribution in [0.25, 0.3) is 0 Å². The summed E-state index contributed by atoms with van der Waals surface area (Å²) in [5.41, 5.74) is -0.150. The summed E-state index contributed by atoms with van der Waals surface area (Å²) in [6, 6.07) is 7.00. The first-order chi connectivity index (χ1) is 12.0. The SMILES string of the molecule is CCNC(=NCc1cccc(O)c1)NCC(C)(C)NC(=O)OC(C)(C)C.I. The average Bonchev–Trinajstić information content (AvgIpc) is 2.47. The monoisotopic (exact) mass is 492 g/mol. The van der Waals surface area contributed by atoms with Gasteiger partial charge in [0.2, 0.25) is 0 Å². The largest absolute Gasteiger partial charge is 0.508 e. The Bertz CT molecular complexity index is 628. The lowest BCUT2D eigenvalue weighted by Gasteiger charge is -2.29. The van der Waals surface area contributed by atoms with Crippen LogP contribution in [0.5, 0.6) is 5.75 Å². The lowest BCUT2D eigenvalue weighted by atomic mass is 10.1. The molecular weight excluding hydrogens is 459 g/mol. The number of phenolic OH excluding ortho intramolecular Hbond substituents is 1. The molecule has 0 spiro atoms. The highest BCUT2D eigenvalue weighted by molar-refractivity contribution is 14.0. The van der Waals surface area contributed by atoms with E-state index in [9.17, 15) is 9.90 Å². The average molecular weight is 492 g/mol. The molecule has 0 bridgehead atoms. The van der Waals surface area contributed by atoms with Gasteiger partial charge in [-0.15, -0.1) is 24.0 Å². The zero-order valence-corrected chi connectivity index (χ0v) is 19.4. The second kappa shape index (κ2) is 11.2. The number of ether oxygens (including phenoxy) is 1. The Labute approximate surface area is 179 Å². The molecule has 0 aliphatic carbocycles. The van der Waals surface area contributed by atoms with Gasteiger partial charge in [-0.3, -0.25) is 0 Å². The van der Waals surface area contributed by atoms with Gasteiger partial charge in [0.1, 0.15) is 11.4 Å². The van der Waals surface area contributed by atoms with E-state index in [1.54, 1.807) is 18.2 Å². The molecule has 0 heterocycles. The van der Waals surface area contributed by atoms with Crippen LogP contribution in [-0.2, 0) is 11.3 Å². The summed E-state index contributed by atoms with van der Waals surface area (Å²) >= 11 is 0. The smallest absolute Gasteiger partial charge is 0.408 e. The first-order valence-corrected chi connectivity index (χ1v) is 8.82. The Morgan fingerprint density at radius 3 is 2.41 bits per heavy atom. The molecule has 27 heavy (non-hydrogen) atoms. The number of amides is 1. The highest BCUT2D eigenvalue weighted by atomic mass is 127. The van der Waals surface area contributed by atoms with Crippen LogP contribution < -0.4 is 16.0 Å². The van der Waals surface area contributed by atoms with Crippen LogP contribution >= 0.6 is 24.0 Å². The molecule has 154 valence electrons. The number of benzene rings is 1. The van der Waals surface area contributed by atoms with Gasteiger partial charge in [-0.1, -0.05) is 12.1 Å². The summed E-state index contributed by atoms with van der Waals surface area (Å²) in [6.07, 6.45) is -0.453. The second-order valence-corrected chi connectivity index (χ2v) is 7.73. The van der Waals surface area contributed by atoms with Crippen molar-refractivity contribution in [2.24, 2.45) is 4.99 Å². The van der Waals surface area contributed by atoms with E-state index in [2.05, 4.69) is 20.9 Å². The topological polar surface area (TPSA) is 95.0 Å². The number of rotatable bonds is 6. The molecule has 0 fully saturated rings. The Kier molecular flexibility index (Phi) is 10.5. The minimum absolute atomic E-state index is 0. The quantitative estimate of drug-likeness (QED) is 0.278. The van der Waals surface area contributed by atoms with Gasteiger partial charge in [-0.25, -0.2) is 9.79 Å². The summed E-state index contributed by atoms with van der Waals surface area (Å²) < 4.78 is 5.30. The third-order valence-electron chi connectivity index (χ3n) is 3.21. The Balaban J connectivity index is 0.00000676. The molecule has 0 unspecified atom stereocenters. The van der Waals surface area contributed by atoms with Crippen LogP contribution in [-0.4, -0.2) is 41.4 Å². The summed E-state index contributed by atoms with van der Waals surface area (Å²) in [5.74, 6) is 0.855. The van der Waals surface area contributed by atoms with E-state index in [1.165, 1.54) is 0 Å². The number of nitrogens with one attached hydrogen (secondary N) is 3. The van der Waals surface area contributed by atoms with E-state index in [1.807, 2.05) is 47.6 Å². The summed E-state index contributed by atoms with van der Waals surface area (Å²) in [7, 11) is 0. The Morgan fingerprint density at radius 1 is 1.19 bits per heavy atom. The van der Waals surface area contributed by atoms with E-state index in [0.29, 0.717) is 25.6 Å². The molecule has 1 amide bonds. The van der Waals surface area contributed by atoms with E-state index < -0.39 is 17.2 Å².